The van der Waals surface area contributed by atoms with Crippen molar-refractivity contribution in [3.63, 3.8) is 0 Å². The molecule has 0 aromatic carbocycles. The molecule has 13 heteroatoms. The van der Waals surface area contributed by atoms with Gasteiger partial charge < -0.3 is 47.1 Å². The quantitative estimate of drug-likeness (QED) is 0.206. The summed E-state index contributed by atoms with van der Waals surface area (Å²) in [6.07, 6.45) is -2.99. The first-order valence-electron chi connectivity index (χ1n) is 7.65. The second-order valence-electron chi connectivity index (χ2n) is 5.92. The molecule has 1 aromatic heterocycles. The van der Waals surface area contributed by atoms with E-state index in [1.54, 1.807) is 0 Å². The van der Waals surface area contributed by atoms with Crippen LogP contribution >= 0.6 is 0 Å². The third-order valence-electron chi connectivity index (χ3n) is 3.72. The van der Waals surface area contributed by atoms with E-state index in [1.165, 1.54) is 6.92 Å². The van der Waals surface area contributed by atoms with Crippen LogP contribution in [0.1, 0.15) is 44.1 Å². The molecule has 0 radical (unpaired) electrons. The van der Waals surface area contributed by atoms with Gasteiger partial charge in [0.25, 0.3) is 0 Å². The fourth-order valence-electron chi connectivity index (χ4n) is 1.85. The van der Waals surface area contributed by atoms with Crippen LogP contribution in [-0.4, -0.2) is 67.0 Å². The summed E-state index contributed by atoms with van der Waals surface area (Å²) in [5.41, 5.74) is 8.91. The van der Waals surface area contributed by atoms with E-state index in [4.69, 9.17) is 21.1 Å². The van der Waals surface area contributed by atoms with Gasteiger partial charge in [-0.05, 0) is 13.8 Å². The standard InChI is InChI=1S/C13H24N6O7/c1-5(21)13(2,11(23)24)18-12(25)16-7(3-8(15)22)10-17-9(19-26-10)6(14)4-20/h5-8,20-22H,3-4,14-15H2,1-2H3,(H,23,24)(H2,16,18,25)/t5-,6+,7+,8?,13+/m1/s1. The number of carbonyl (C=O) groups excluding carboxylic acids is 1. The van der Waals surface area contributed by atoms with Crippen molar-refractivity contribution in [1.29, 1.82) is 0 Å². The van der Waals surface area contributed by atoms with Crippen molar-refractivity contribution in [2.75, 3.05) is 6.61 Å². The average Bonchev–Trinajstić information content (AvgIpc) is 3.02. The summed E-state index contributed by atoms with van der Waals surface area (Å²) >= 11 is 0. The van der Waals surface area contributed by atoms with Gasteiger partial charge in [-0.15, -0.1) is 0 Å². The number of nitrogens with one attached hydrogen (secondary N) is 2. The molecule has 1 heterocycles. The maximum Gasteiger partial charge on any atom is 0.331 e. The van der Waals surface area contributed by atoms with Crippen LogP contribution < -0.4 is 22.1 Å². The minimum Gasteiger partial charge on any atom is -0.479 e. The van der Waals surface area contributed by atoms with Crippen LogP contribution in [0.4, 0.5) is 4.79 Å². The van der Waals surface area contributed by atoms with Crippen molar-refractivity contribution >= 4 is 12.0 Å². The summed E-state index contributed by atoms with van der Waals surface area (Å²) < 4.78 is 4.95. The van der Waals surface area contributed by atoms with Gasteiger partial charge in [-0.25, -0.2) is 9.59 Å². The minimum atomic E-state index is -1.96. The number of hydrogen-bond donors (Lipinski definition) is 8. The number of aliphatic hydroxyl groups is 3. The molecule has 0 aliphatic heterocycles. The first kappa shape index (κ1) is 21.7. The highest BCUT2D eigenvalue weighted by Crippen LogP contribution is 2.18. The first-order chi connectivity index (χ1) is 12.0. The van der Waals surface area contributed by atoms with E-state index in [1.807, 2.05) is 0 Å². The highest BCUT2D eigenvalue weighted by Gasteiger charge is 2.40. The molecule has 1 rings (SSSR count). The number of rotatable bonds is 9. The highest BCUT2D eigenvalue weighted by atomic mass is 16.5. The Hall–Kier alpha value is -2.32. The third kappa shape index (κ3) is 5.34. The summed E-state index contributed by atoms with van der Waals surface area (Å²) in [5, 5.41) is 45.2. The molecule has 0 bridgehead atoms. The number of carboxylic acid groups (broad SMARTS) is 1. The molecule has 2 amide bonds. The van der Waals surface area contributed by atoms with E-state index in [0.717, 1.165) is 6.92 Å². The summed E-state index contributed by atoms with van der Waals surface area (Å²) in [6, 6.07) is -2.96. The summed E-state index contributed by atoms with van der Waals surface area (Å²) in [7, 11) is 0. The van der Waals surface area contributed by atoms with Gasteiger partial charge in [-0.3, -0.25) is 0 Å². The number of nitrogens with two attached hydrogens (primary N) is 2. The van der Waals surface area contributed by atoms with Crippen molar-refractivity contribution in [2.24, 2.45) is 11.5 Å². The van der Waals surface area contributed by atoms with Gasteiger partial charge in [-0.1, -0.05) is 5.16 Å². The Balaban J connectivity index is 2.95. The van der Waals surface area contributed by atoms with E-state index in [9.17, 15) is 24.9 Å². The lowest BCUT2D eigenvalue weighted by atomic mass is 9.96. The Morgan fingerprint density at radius 2 is 1.96 bits per heavy atom. The lowest BCUT2D eigenvalue weighted by Crippen LogP contribution is -2.61. The topological polar surface area (TPSA) is 230 Å². The van der Waals surface area contributed by atoms with E-state index in [-0.39, 0.29) is 18.1 Å². The fourth-order valence-corrected chi connectivity index (χ4v) is 1.85. The molecule has 13 nitrogen and oxygen atoms in total. The van der Waals surface area contributed by atoms with Gasteiger partial charge in [0, 0.05) is 6.42 Å². The van der Waals surface area contributed by atoms with Crippen molar-refractivity contribution in [3.8, 4) is 0 Å². The van der Waals surface area contributed by atoms with Crippen LogP contribution in [0.2, 0.25) is 0 Å². The molecule has 0 aliphatic carbocycles. The molecule has 1 unspecified atom stereocenters. The van der Waals surface area contributed by atoms with Crippen LogP contribution in [0.5, 0.6) is 0 Å². The lowest BCUT2D eigenvalue weighted by molar-refractivity contribution is -0.148. The van der Waals surface area contributed by atoms with Gasteiger partial charge >= 0.3 is 12.0 Å². The van der Waals surface area contributed by atoms with E-state index in [2.05, 4.69) is 20.8 Å². The van der Waals surface area contributed by atoms with Gasteiger partial charge in [0.15, 0.2) is 11.4 Å². The Morgan fingerprint density at radius 1 is 1.35 bits per heavy atom. The van der Waals surface area contributed by atoms with Crippen LogP contribution in [0.3, 0.4) is 0 Å². The van der Waals surface area contributed by atoms with Crippen molar-refractivity contribution < 1.29 is 34.5 Å². The Bertz CT molecular complexity index is 622. The zero-order valence-electron chi connectivity index (χ0n) is 14.3. The molecule has 10 N–H and O–H groups in total. The monoisotopic (exact) mass is 376 g/mol. The molecule has 0 spiro atoms. The largest absolute Gasteiger partial charge is 0.479 e. The predicted molar refractivity (Wildman–Crippen MR) is 85.3 cm³/mol. The van der Waals surface area contributed by atoms with Gasteiger partial charge in [0.05, 0.1) is 18.8 Å². The first-order valence-corrected chi connectivity index (χ1v) is 7.65. The molecule has 148 valence electrons. The molecule has 5 atom stereocenters. The Kier molecular flexibility index (Phi) is 7.41. The van der Waals surface area contributed by atoms with E-state index in [0.29, 0.717) is 0 Å². The fraction of sp³-hybridized carbons (Fsp3) is 0.692. The predicted octanol–water partition coefficient (Wildman–Crippen LogP) is -2.71. The number of hydrogen-bond acceptors (Lipinski definition) is 10. The zero-order chi connectivity index (χ0) is 20.1. The number of urea groups is 1. The second-order valence-corrected chi connectivity index (χ2v) is 5.92. The summed E-state index contributed by atoms with van der Waals surface area (Å²) in [5.74, 6) is -1.63. The minimum absolute atomic E-state index is 0.0272. The molecule has 0 fully saturated rings. The van der Waals surface area contributed by atoms with Crippen molar-refractivity contribution in [3.05, 3.63) is 11.7 Å². The molecule has 0 saturated carbocycles. The normalized spacial score (nSPS) is 18.3. The van der Waals surface area contributed by atoms with Crippen LogP contribution in [-0.2, 0) is 4.79 Å². The van der Waals surface area contributed by atoms with E-state index >= 15 is 0 Å². The van der Waals surface area contributed by atoms with Crippen LogP contribution in [0.25, 0.3) is 0 Å². The van der Waals surface area contributed by atoms with Crippen molar-refractivity contribution in [1.82, 2.24) is 20.8 Å². The number of carboxylic acids is 1. The molecule has 26 heavy (non-hydrogen) atoms. The number of aliphatic carboxylic acids is 1. The van der Waals surface area contributed by atoms with Crippen LogP contribution in [0, 0.1) is 0 Å². The SMILES string of the molecule is C[C@@H](O)[C@](C)(NC(=O)N[C@@H](CC(N)O)c1nc([C@@H](N)CO)no1)C(=O)O. The molecular weight excluding hydrogens is 352 g/mol. The molecule has 1 aromatic rings. The number of aromatic nitrogens is 2. The molecule has 0 aliphatic rings. The zero-order valence-corrected chi connectivity index (χ0v) is 14.3. The number of amides is 2. The summed E-state index contributed by atoms with van der Waals surface area (Å²) in [4.78, 5) is 27.4. The van der Waals surface area contributed by atoms with Gasteiger partial charge in [0.1, 0.15) is 12.3 Å². The Morgan fingerprint density at radius 3 is 2.42 bits per heavy atom. The number of carbonyl (C=O) groups is 2. The van der Waals surface area contributed by atoms with Crippen molar-refractivity contribution in [2.45, 2.75) is 50.2 Å². The lowest BCUT2D eigenvalue weighted by Gasteiger charge is -2.29. The molecule has 0 saturated heterocycles. The number of aliphatic hydroxyl groups excluding tert-OH is 3. The van der Waals surface area contributed by atoms with E-state index < -0.39 is 48.6 Å². The highest BCUT2D eigenvalue weighted by molar-refractivity contribution is 5.86. The average molecular weight is 376 g/mol. The Labute approximate surface area is 148 Å². The maximum atomic E-state index is 12.2. The number of nitrogens with zero attached hydrogens (tertiary/aromatic N) is 2. The van der Waals surface area contributed by atoms with Gasteiger partial charge in [-0.2, -0.15) is 4.98 Å². The maximum absolute atomic E-state index is 12.2. The summed E-state index contributed by atoms with van der Waals surface area (Å²) in [6.45, 7) is 1.88. The van der Waals surface area contributed by atoms with Crippen LogP contribution in [0.15, 0.2) is 4.52 Å². The second kappa shape index (κ2) is 8.86. The molecular formula is C13H24N6O7. The third-order valence-corrected chi connectivity index (χ3v) is 3.72. The smallest absolute Gasteiger partial charge is 0.331 e. The van der Waals surface area contributed by atoms with Gasteiger partial charge in [0.2, 0.25) is 5.89 Å².